The molecule has 164 valence electrons. The Bertz CT molecular complexity index is 411. The van der Waals surface area contributed by atoms with Crippen molar-refractivity contribution < 1.29 is 9.47 Å². The molecule has 2 heteroatoms. The maximum atomic E-state index is 6.76. The van der Waals surface area contributed by atoms with Crippen molar-refractivity contribution in [1.82, 2.24) is 0 Å². The first-order valence-electron chi connectivity index (χ1n) is 11.5. The molecule has 3 unspecified atom stereocenters. The molecule has 0 rings (SSSR count). The minimum absolute atomic E-state index is 0.0259. The summed E-state index contributed by atoms with van der Waals surface area (Å²) in [5, 5.41) is 0. The molecule has 0 aromatic heterocycles. The average Bonchev–Trinajstić information content (AvgIpc) is 2.52. The standard InChI is InChI=1S/C25H52O2/c1-13-16-24(10,11)26-18-17-23(8,9)25(12,15-3)27-21(5)19-22(6,7)20(4)14-2/h20-21H,13-19H2,1-12H3. The molecule has 0 amide bonds. The van der Waals surface area contributed by atoms with Crippen LogP contribution in [-0.4, -0.2) is 23.9 Å². The topological polar surface area (TPSA) is 18.5 Å². The van der Waals surface area contributed by atoms with Crippen molar-refractivity contribution in [2.24, 2.45) is 16.7 Å². The molecule has 0 aliphatic rings. The van der Waals surface area contributed by atoms with E-state index in [-0.39, 0.29) is 22.7 Å². The van der Waals surface area contributed by atoms with Crippen molar-refractivity contribution in [3.8, 4) is 0 Å². The molecule has 0 bridgehead atoms. The van der Waals surface area contributed by atoms with Crippen LogP contribution in [0.3, 0.4) is 0 Å². The maximum Gasteiger partial charge on any atom is 0.0707 e. The van der Waals surface area contributed by atoms with E-state index >= 15 is 0 Å². The molecule has 0 saturated carbocycles. The van der Waals surface area contributed by atoms with E-state index < -0.39 is 0 Å². The Morgan fingerprint density at radius 1 is 0.815 bits per heavy atom. The summed E-state index contributed by atoms with van der Waals surface area (Å²) in [5.41, 5.74) is 0.206. The fourth-order valence-corrected chi connectivity index (χ4v) is 4.22. The van der Waals surface area contributed by atoms with Crippen LogP contribution in [0.15, 0.2) is 0 Å². The minimum atomic E-state index is -0.143. The van der Waals surface area contributed by atoms with Gasteiger partial charge in [-0.25, -0.2) is 0 Å². The highest BCUT2D eigenvalue weighted by Gasteiger charge is 2.42. The zero-order valence-electron chi connectivity index (χ0n) is 20.9. The largest absolute Gasteiger partial charge is 0.376 e. The van der Waals surface area contributed by atoms with Crippen LogP contribution in [0.4, 0.5) is 0 Å². The van der Waals surface area contributed by atoms with Gasteiger partial charge in [-0.3, -0.25) is 0 Å². The first-order chi connectivity index (χ1) is 12.2. The van der Waals surface area contributed by atoms with E-state index in [4.69, 9.17) is 9.47 Å². The van der Waals surface area contributed by atoms with E-state index in [1.54, 1.807) is 0 Å². The summed E-state index contributed by atoms with van der Waals surface area (Å²) in [4.78, 5) is 0. The zero-order chi connectivity index (χ0) is 21.5. The summed E-state index contributed by atoms with van der Waals surface area (Å²) in [6.07, 6.45) is 6.90. The molecular formula is C25H52O2. The smallest absolute Gasteiger partial charge is 0.0707 e. The SMILES string of the molecule is CCCC(C)(C)OCCC(C)(C)C(C)(CC)OC(C)CC(C)(C)C(C)CC. The fraction of sp³-hybridized carbons (Fsp3) is 1.00. The van der Waals surface area contributed by atoms with Crippen molar-refractivity contribution in [3.63, 3.8) is 0 Å². The molecule has 0 heterocycles. The van der Waals surface area contributed by atoms with Gasteiger partial charge in [0.05, 0.1) is 17.3 Å². The molecule has 0 radical (unpaired) electrons. The van der Waals surface area contributed by atoms with Crippen LogP contribution in [0.25, 0.3) is 0 Å². The summed E-state index contributed by atoms with van der Waals surface area (Å²) < 4.78 is 13.0. The van der Waals surface area contributed by atoms with Gasteiger partial charge in [0.2, 0.25) is 0 Å². The highest BCUT2D eigenvalue weighted by Crippen LogP contribution is 2.43. The summed E-state index contributed by atoms with van der Waals surface area (Å²) >= 11 is 0. The lowest BCUT2D eigenvalue weighted by atomic mass is 9.71. The van der Waals surface area contributed by atoms with Crippen molar-refractivity contribution in [2.45, 2.75) is 139 Å². The van der Waals surface area contributed by atoms with E-state index in [1.165, 1.54) is 6.42 Å². The van der Waals surface area contributed by atoms with Gasteiger partial charge < -0.3 is 9.47 Å². The molecule has 27 heavy (non-hydrogen) atoms. The van der Waals surface area contributed by atoms with Crippen molar-refractivity contribution in [2.75, 3.05) is 6.61 Å². The molecule has 0 fully saturated rings. The van der Waals surface area contributed by atoms with Crippen LogP contribution in [0.2, 0.25) is 0 Å². The van der Waals surface area contributed by atoms with Gasteiger partial charge in [-0.15, -0.1) is 0 Å². The van der Waals surface area contributed by atoms with Gasteiger partial charge in [0.25, 0.3) is 0 Å². The van der Waals surface area contributed by atoms with E-state index in [1.807, 2.05) is 0 Å². The van der Waals surface area contributed by atoms with E-state index in [2.05, 4.69) is 83.1 Å². The number of hydrogen-bond donors (Lipinski definition) is 0. The fourth-order valence-electron chi connectivity index (χ4n) is 4.22. The molecular weight excluding hydrogens is 332 g/mol. The molecule has 3 atom stereocenters. The Kier molecular flexibility index (Phi) is 10.6. The molecule has 0 aliphatic carbocycles. The van der Waals surface area contributed by atoms with Crippen LogP contribution in [0, 0.1) is 16.7 Å². The normalized spacial score (nSPS) is 18.2. The van der Waals surface area contributed by atoms with Crippen molar-refractivity contribution in [1.29, 1.82) is 0 Å². The van der Waals surface area contributed by atoms with Gasteiger partial charge in [0.15, 0.2) is 0 Å². The summed E-state index contributed by atoms with van der Waals surface area (Å²) in [6, 6.07) is 0. The second-order valence-corrected chi connectivity index (χ2v) is 11.0. The molecule has 2 nitrogen and oxygen atoms in total. The van der Waals surface area contributed by atoms with Crippen LogP contribution < -0.4 is 0 Å². The maximum absolute atomic E-state index is 6.76. The minimum Gasteiger partial charge on any atom is -0.376 e. The average molecular weight is 385 g/mol. The van der Waals surface area contributed by atoms with E-state index in [9.17, 15) is 0 Å². The third-order valence-electron chi connectivity index (χ3n) is 7.40. The second kappa shape index (κ2) is 10.6. The molecule has 0 spiro atoms. The molecule has 0 aliphatic heterocycles. The second-order valence-electron chi connectivity index (χ2n) is 11.0. The molecule has 0 saturated heterocycles. The first kappa shape index (κ1) is 26.9. The summed E-state index contributed by atoms with van der Waals surface area (Å²) in [6.45, 7) is 28.4. The molecule has 0 N–H and O–H groups in total. The lowest BCUT2D eigenvalue weighted by molar-refractivity contribution is -0.164. The quantitative estimate of drug-likeness (QED) is 0.302. The van der Waals surface area contributed by atoms with Crippen LogP contribution in [0.1, 0.15) is 122 Å². The predicted molar refractivity (Wildman–Crippen MR) is 120 cm³/mol. The third kappa shape index (κ3) is 8.44. The van der Waals surface area contributed by atoms with Gasteiger partial charge >= 0.3 is 0 Å². The zero-order valence-corrected chi connectivity index (χ0v) is 20.9. The lowest BCUT2D eigenvalue weighted by Crippen LogP contribution is -2.47. The van der Waals surface area contributed by atoms with Gasteiger partial charge in [0, 0.05) is 6.61 Å². The predicted octanol–water partition coefficient (Wildman–Crippen LogP) is 8.03. The number of ether oxygens (including phenoxy) is 2. The van der Waals surface area contributed by atoms with Crippen LogP contribution in [-0.2, 0) is 9.47 Å². The summed E-state index contributed by atoms with van der Waals surface area (Å²) in [5.74, 6) is 0.707. The number of rotatable bonds is 14. The van der Waals surface area contributed by atoms with E-state index in [0.717, 1.165) is 38.7 Å². The van der Waals surface area contributed by atoms with Crippen LogP contribution in [0.5, 0.6) is 0 Å². The van der Waals surface area contributed by atoms with E-state index in [0.29, 0.717) is 11.3 Å². The highest BCUT2D eigenvalue weighted by atomic mass is 16.5. The highest BCUT2D eigenvalue weighted by molar-refractivity contribution is 4.92. The third-order valence-corrected chi connectivity index (χ3v) is 7.40. The lowest BCUT2D eigenvalue weighted by Gasteiger charge is -2.47. The van der Waals surface area contributed by atoms with Crippen LogP contribution >= 0.6 is 0 Å². The Morgan fingerprint density at radius 3 is 1.81 bits per heavy atom. The van der Waals surface area contributed by atoms with Gasteiger partial charge in [-0.2, -0.15) is 0 Å². The first-order valence-corrected chi connectivity index (χ1v) is 11.5. The molecule has 0 aromatic carbocycles. The Balaban J connectivity index is 4.95. The monoisotopic (exact) mass is 384 g/mol. The Labute approximate surface area is 172 Å². The van der Waals surface area contributed by atoms with Gasteiger partial charge in [0.1, 0.15) is 0 Å². The number of hydrogen-bond acceptors (Lipinski definition) is 2. The van der Waals surface area contributed by atoms with Crippen molar-refractivity contribution in [3.05, 3.63) is 0 Å². The van der Waals surface area contributed by atoms with Crippen molar-refractivity contribution >= 4 is 0 Å². The Morgan fingerprint density at radius 2 is 1.37 bits per heavy atom. The molecule has 0 aromatic rings. The Hall–Kier alpha value is -0.0800. The van der Waals surface area contributed by atoms with Gasteiger partial charge in [-0.1, -0.05) is 68.2 Å². The van der Waals surface area contributed by atoms with Gasteiger partial charge in [-0.05, 0) is 70.1 Å². The summed E-state index contributed by atoms with van der Waals surface area (Å²) in [7, 11) is 0.